The van der Waals surface area contributed by atoms with E-state index in [2.05, 4.69) is 19.9 Å². The number of nitrogen functional groups attached to an aromatic ring is 2. The number of H-pyrrole nitrogens is 2. The molecule has 0 bridgehead atoms. The topological polar surface area (TPSA) is 126 Å². The number of hydrogen-bond acceptors (Lipinski definition) is 5. The molecule has 4 aromatic rings. The van der Waals surface area contributed by atoms with Crippen molar-refractivity contribution in [3.05, 3.63) is 47.0 Å². The van der Waals surface area contributed by atoms with E-state index in [1.807, 2.05) is 26.0 Å². The molecule has 2 heterocycles. The van der Waals surface area contributed by atoms with Crippen LogP contribution < -0.4 is 11.5 Å². The fourth-order valence-electron chi connectivity index (χ4n) is 2.69. The van der Waals surface area contributed by atoms with Crippen LogP contribution in [0.15, 0.2) is 24.3 Å². The molecule has 120 valence electrons. The molecule has 0 fully saturated rings. The third-order valence-corrected chi connectivity index (χ3v) is 4.17. The van der Waals surface area contributed by atoms with Crippen LogP contribution in [0.3, 0.4) is 0 Å². The zero-order valence-electron chi connectivity index (χ0n) is 13.3. The molecule has 24 heavy (non-hydrogen) atoms. The van der Waals surface area contributed by atoms with Crippen molar-refractivity contribution in [3.63, 3.8) is 0 Å². The van der Waals surface area contributed by atoms with Crippen molar-refractivity contribution < 1.29 is 4.79 Å². The summed E-state index contributed by atoms with van der Waals surface area (Å²) in [5, 5.41) is 0. The van der Waals surface area contributed by atoms with Crippen molar-refractivity contribution in [1.82, 2.24) is 19.9 Å². The molecule has 4 rings (SSSR count). The lowest BCUT2D eigenvalue weighted by Crippen LogP contribution is -2.05. The highest BCUT2D eigenvalue weighted by atomic mass is 16.1. The van der Waals surface area contributed by atoms with Gasteiger partial charge < -0.3 is 21.4 Å². The van der Waals surface area contributed by atoms with E-state index >= 15 is 0 Å². The average Bonchev–Trinajstić information content (AvgIpc) is 3.11. The second-order valence-corrected chi connectivity index (χ2v) is 5.95. The van der Waals surface area contributed by atoms with Crippen LogP contribution in [-0.2, 0) is 0 Å². The second kappa shape index (κ2) is 4.82. The monoisotopic (exact) mass is 320 g/mol. The van der Waals surface area contributed by atoms with Gasteiger partial charge in [-0.25, -0.2) is 9.97 Å². The van der Waals surface area contributed by atoms with Gasteiger partial charge in [-0.2, -0.15) is 0 Å². The standard InChI is InChI=1S/C17H16N6O/c1-7-3-11-13(5-9(7)18)22-16(20-11)15(24)17-21-12-4-8(2)10(19)6-14(12)23-17/h3-6H,18-19H2,1-2H3,(H,20,22)(H,21,23). The van der Waals surface area contributed by atoms with E-state index < -0.39 is 0 Å². The van der Waals surface area contributed by atoms with E-state index in [0.717, 1.165) is 22.2 Å². The summed E-state index contributed by atoms with van der Waals surface area (Å²) in [6, 6.07) is 7.25. The van der Waals surface area contributed by atoms with Gasteiger partial charge in [0.25, 0.3) is 5.78 Å². The number of nitrogens with two attached hydrogens (primary N) is 2. The highest BCUT2D eigenvalue weighted by molar-refractivity contribution is 6.07. The molecule has 0 radical (unpaired) electrons. The maximum atomic E-state index is 12.7. The predicted molar refractivity (Wildman–Crippen MR) is 93.9 cm³/mol. The number of benzene rings is 2. The fraction of sp³-hybridized carbons (Fsp3) is 0.118. The summed E-state index contributed by atoms with van der Waals surface area (Å²) >= 11 is 0. The zero-order valence-corrected chi connectivity index (χ0v) is 13.3. The molecule has 0 unspecified atom stereocenters. The largest absolute Gasteiger partial charge is 0.398 e. The molecule has 0 saturated heterocycles. The lowest BCUT2D eigenvalue weighted by atomic mass is 10.2. The number of ketones is 1. The van der Waals surface area contributed by atoms with Crippen molar-refractivity contribution in [3.8, 4) is 0 Å². The van der Waals surface area contributed by atoms with Crippen LogP contribution in [-0.4, -0.2) is 25.7 Å². The van der Waals surface area contributed by atoms with Gasteiger partial charge in [-0.1, -0.05) is 0 Å². The maximum absolute atomic E-state index is 12.7. The van der Waals surface area contributed by atoms with Gasteiger partial charge in [0.2, 0.25) is 0 Å². The van der Waals surface area contributed by atoms with Crippen LogP contribution in [0.2, 0.25) is 0 Å². The summed E-state index contributed by atoms with van der Waals surface area (Å²) in [4.78, 5) is 27.4. The lowest BCUT2D eigenvalue weighted by molar-refractivity contribution is 0.102. The van der Waals surface area contributed by atoms with Crippen LogP contribution in [0, 0.1) is 13.8 Å². The first-order valence-electron chi connectivity index (χ1n) is 7.49. The van der Waals surface area contributed by atoms with Crippen molar-refractivity contribution in [2.75, 3.05) is 11.5 Å². The quantitative estimate of drug-likeness (QED) is 0.333. The molecule has 6 N–H and O–H groups in total. The van der Waals surface area contributed by atoms with Gasteiger partial charge in [-0.3, -0.25) is 4.79 Å². The number of anilines is 2. The predicted octanol–water partition coefficient (Wildman–Crippen LogP) is 2.45. The van der Waals surface area contributed by atoms with Crippen molar-refractivity contribution in [1.29, 1.82) is 0 Å². The molecule has 0 atom stereocenters. The van der Waals surface area contributed by atoms with Gasteiger partial charge in [-0.15, -0.1) is 0 Å². The number of carbonyl (C=O) groups excluding carboxylic acids is 1. The van der Waals surface area contributed by atoms with Crippen LogP contribution in [0.1, 0.15) is 27.6 Å². The molecule has 7 heteroatoms. The molecular formula is C17H16N6O. The smallest absolute Gasteiger partial charge is 0.263 e. The minimum atomic E-state index is -0.310. The molecule has 0 saturated carbocycles. The van der Waals surface area contributed by atoms with E-state index in [9.17, 15) is 4.79 Å². The van der Waals surface area contributed by atoms with E-state index in [1.54, 1.807) is 12.1 Å². The van der Waals surface area contributed by atoms with E-state index in [-0.39, 0.29) is 17.4 Å². The molecule has 0 spiro atoms. The van der Waals surface area contributed by atoms with Crippen LogP contribution in [0.25, 0.3) is 22.1 Å². The Labute approximate surface area is 137 Å². The number of rotatable bonds is 2. The number of aromatic nitrogens is 4. The Morgan fingerprint density at radius 3 is 1.67 bits per heavy atom. The van der Waals surface area contributed by atoms with Gasteiger partial charge in [0, 0.05) is 11.4 Å². The summed E-state index contributed by atoms with van der Waals surface area (Å²) in [6.45, 7) is 3.81. The summed E-state index contributed by atoms with van der Waals surface area (Å²) in [6.07, 6.45) is 0. The number of aromatic amines is 2. The summed E-state index contributed by atoms with van der Waals surface area (Å²) in [5.74, 6) is 0.132. The fourth-order valence-corrected chi connectivity index (χ4v) is 2.69. The molecular weight excluding hydrogens is 304 g/mol. The zero-order chi connectivity index (χ0) is 17.0. The average molecular weight is 320 g/mol. The number of fused-ring (bicyclic) bond motifs is 2. The Balaban J connectivity index is 1.80. The van der Waals surface area contributed by atoms with Crippen LogP contribution in [0.5, 0.6) is 0 Å². The van der Waals surface area contributed by atoms with Gasteiger partial charge in [-0.05, 0) is 49.2 Å². The normalized spacial score (nSPS) is 11.4. The number of imidazole rings is 2. The molecule has 2 aromatic carbocycles. The van der Waals surface area contributed by atoms with E-state index in [4.69, 9.17) is 11.5 Å². The van der Waals surface area contributed by atoms with Crippen molar-refractivity contribution in [2.24, 2.45) is 0 Å². The van der Waals surface area contributed by atoms with Gasteiger partial charge in [0.1, 0.15) is 0 Å². The minimum Gasteiger partial charge on any atom is -0.398 e. The van der Waals surface area contributed by atoms with Gasteiger partial charge in [0.05, 0.1) is 22.1 Å². The summed E-state index contributed by atoms with van der Waals surface area (Å²) < 4.78 is 0. The molecule has 2 aromatic heterocycles. The van der Waals surface area contributed by atoms with Gasteiger partial charge in [0.15, 0.2) is 11.6 Å². The third kappa shape index (κ3) is 2.10. The minimum absolute atomic E-state index is 0.221. The number of aryl methyl sites for hydroxylation is 2. The second-order valence-electron chi connectivity index (χ2n) is 5.95. The molecule has 0 amide bonds. The Morgan fingerprint density at radius 2 is 1.25 bits per heavy atom. The number of hydrogen-bond donors (Lipinski definition) is 4. The van der Waals surface area contributed by atoms with Crippen molar-refractivity contribution >= 4 is 39.2 Å². The summed E-state index contributed by atoms with van der Waals surface area (Å²) in [5.41, 5.74) is 17.8. The van der Waals surface area contributed by atoms with Gasteiger partial charge >= 0.3 is 0 Å². The highest BCUT2D eigenvalue weighted by Crippen LogP contribution is 2.22. The maximum Gasteiger partial charge on any atom is 0.263 e. The van der Waals surface area contributed by atoms with Crippen molar-refractivity contribution in [2.45, 2.75) is 13.8 Å². The Hall–Kier alpha value is -3.35. The number of nitrogens with one attached hydrogen (secondary N) is 2. The Bertz CT molecular complexity index is 955. The molecule has 0 aliphatic carbocycles. The molecule has 0 aliphatic heterocycles. The third-order valence-electron chi connectivity index (χ3n) is 4.17. The molecule has 0 aliphatic rings. The Morgan fingerprint density at radius 1 is 0.833 bits per heavy atom. The summed E-state index contributed by atoms with van der Waals surface area (Å²) in [7, 11) is 0. The first kappa shape index (κ1) is 14.3. The van der Waals surface area contributed by atoms with E-state index in [0.29, 0.717) is 22.4 Å². The SMILES string of the molecule is Cc1cc2[nH]c(C(=O)c3nc4cc(N)c(C)cc4[nH]3)nc2cc1N. The highest BCUT2D eigenvalue weighted by Gasteiger charge is 2.18. The van der Waals surface area contributed by atoms with Crippen LogP contribution in [0.4, 0.5) is 11.4 Å². The first-order valence-corrected chi connectivity index (χ1v) is 7.49. The number of carbonyl (C=O) groups is 1. The number of nitrogens with zero attached hydrogens (tertiary/aromatic N) is 2. The Kier molecular flexibility index (Phi) is 2.86. The molecule has 7 nitrogen and oxygen atoms in total. The van der Waals surface area contributed by atoms with Crippen LogP contribution >= 0.6 is 0 Å². The first-order chi connectivity index (χ1) is 11.4. The lowest BCUT2D eigenvalue weighted by Gasteiger charge is -1.97. The van der Waals surface area contributed by atoms with E-state index in [1.165, 1.54) is 0 Å².